The van der Waals surface area contributed by atoms with Crippen molar-refractivity contribution in [3.63, 3.8) is 0 Å². The molecule has 0 aliphatic carbocycles. The number of hydrogen-bond donors (Lipinski definition) is 0. The van der Waals surface area contributed by atoms with Crippen molar-refractivity contribution < 1.29 is 18.0 Å². The first-order valence-corrected chi connectivity index (χ1v) is 6.72. The molecule has 2 rings (SSSR count). The van der Waals surface area contributed by atoms with Gasteiger partial charge in [0.25, 0.3) is 5.24 Å². The van der Waals surface area contributed by atoms with E-state index in [-0.39, 0.29) is 10.5 Å². The second-order valence-corrected chi connectivity index (χ2v) is 5.29. The Kier molecular flexibility index (Phi) is 4.40. The van der Waals surface area contributed by atoms with Gasteiger partial charge in [0.05, 0.1) is 5.56 Å². The van der Waals surface area contributed by atoms with Gasteiger partial charge in [-0.1, -0.05) is 36.0 Å². The molecule has 0 aliphatic heterocycles. The minimum absolute atomic E-state index is 0.0327. The van der Waals surface area contributed by atoms with Crippen LogP contribution in [0.1, 0.15) is 15.9 Å². The predicted octanol–water partition coefficient (Wildman–Crippen LogP) is 5.24. The molecule has 0 aromatic heterocycles. The van der Waals surface area contributed by atoms with Crippen LogP contribution >= 0.6 is 23.4 Å². The molecule has 0 heterocycles. The molecule has 0 radical (unpaired) electrons. The molecule has 0 amide bonds. The number of halogens is 4. The van der Waals surface area contributed by atoms with E-state index in [4.69, 9.17) is 11.6 Å². The summed E-state index contributed by atoms with van der Waals surface area (Å²) in [6.45, 7) is 0. The van der Waals surface area contributed by atoms with Gasteiger partial charge in [0, 0.05) is 15.4 Å². The standard InChI is InChI=1S/C14H8ClF3OS/c15-13(19)9-5-1-3-7-11(9)20-12-8-4-2-6-10(12)14(16,17)18/h1-8H. The Morgan fingerprint density at radius 1 is 0.950 bits per heavy atom. The summed E-state index contributed by atoms with van der Waals surface area (Å²) in [5.41, 5.74) is -0.544. The number of carbonyl (C=O) groups excluding carboxylic acids is 1. The molecule has 0 fully saturated rings. The Morgan fingerprint density at radius 3 is 2.10 bits per heavy atom. The molecule has 0 N–H and O–H groups in total. The Balaban J connectivity index is 2.44. The summed E-state index contributed by atoms with van der Waals surface area (Å²) in [5, 5.41) is -0.697. The van der Waals surface area contributed by atoms with Crippen LogP contribution in [-0.2, 0) is 6.18 Å². The third-order valence-corrected chi connectivity index (χ3v) is 3.87. The Hall–Kier alpha value is -1.46. The maximum atomic E-state index is 12.9. The Bertz CT molecular complexity index is 640. The van der Waals surface area contributed by atoms with Gasteiger partial charge >= 0.3 is 6.18 Å². The summed E-state index contributed by atoms with van der Waals surface area (Å²) >= 11 is 6.30. The van der Waals surface area contributed by atoms with E-state index in [1.54, 1.807) is 18.2 Å². The average Bonchev–Trinajstić information content (AvgIpc) is 2.38. The summed E-state index contributed by atoms with van der Waals surface area (Å²) in [5.74, 6) is 0. The first-order chi connectivity index (χ1) is 9.39. The van der Waals surface area contributed by atoms with E-state index in [0.717, 1.165) is 17.8 Å². The van der Waals surface area contributed by atoms with Crippen LogP contribution in [0.2, 0.25) is 0 Å². The molecule has 2 aromatic rings. The molecule has 20 heavy (non-hydrogen) atoms. The maximum absolute atomic E-state index is 12.9. The predicted molar refractivity (Wildman–Crippen MR) is 72.2 cm³/mol. The van der Waals surface area contributed by atoms with Crippen LogP contribution in [0, 0.1) is 0 Å². The van der Waals surface area contributed by atoms with Crippen molar-refractivity contribution in [3.8, 4) is 0 Å². The number of carbonyl (C=O) groups is 1. The molecule has 0 saturated carbocycles. The van der Waals surface area contributed by atoms with Crippen LogP contribution < -0.4 is 0 Å². The molecule has 1 nitrogen and oxygen atoms in total. The molecule has 0 unspecified atom stereocenters. The Morgan fingerprint density at radius 2 is 1.50 bits per heavy atom. The first kappa shape index (κ1) is 14.9. The number of alkyl halides is 3. The highest BCUT2D eigenvalue weighted by molar-refractivity contribution is 7.99. The van der Waals surface area contributed by atoms with Gasteiger partial charge in [-0.05, 0) is 35.9 Å². The van der Waals surface area contributed by atoms with Gasteiger partial charge in [-0.25, -0.2) is 0 Å². The summed E-state index contributed by atoms with van der Waals surface area (Å²) in [4.78, 5) is 11.7. The molecular weight excluding hydrogens is 309 g/mol. The van der Waals surface area contributed by atoms with E-state index >= 15 is 0 Å². The van der Waals surface area contributed by atoms with Crippen LogP contribution in [0.5, 0.6) is 0 Å². The van der Waals surface area contributed by atoms with Crippen molar-refractivity contribution in [2.24, 2.45) is 0 Å². The highest BCUT2D eigenvalue weighted by Crippen LogP contribution is 2.40. The second kappa shape index (κ2) is 5.89. The van der Waals surface area contributed by atoms with Gasteiger partial charge < -0.3 is 0 Å². The lowest BCUT2D eigenvalue weighted by Gasteiger charge is -2.13. The van der Waals surface area contributed by atoms with Crippen LogP contribution in [0.3, 0.4) is 0 Å². The molecule has 0 spiro atoms. The van der Waals surface area contributed by atoms with Gasteiger partial charge in [0.15, 0.2) is 0 Å². The fourth-order valence-electron chi connectivity index (χ4n) is 1.63. The van der Waals surface area contributed by atoms with E-state index in [0.29, 0.717) is 4.90 Å². The summed E-state index contributed by atoms with van der Waals surface area (Å²) < 4.78 is 38.7. The topological polar surface area (TPSA) is 17.1 Å². The number of rotatable bonds is 3. The van der Waals surface area contributed by atoms with Crippen LogP contribution in [-0.4, -0.2) is 5.24 Å². The van der Waals surface area contributed by atoms with Crippen molar-refractivity contribution in [1.29, 1.82) is 0 Å². The van der Waals surface area contributed by atoms with Gasteiger partial charge in [0.1, 0.15) is 0 Å². The van der Waals surface area contributed by atoms with Gasteiger partial charge in [0.2, 0.25) is 0 Å². The molecule has 6 heteroatoms. The zero-order valence-corrected chi connectivity index (χ0v) is 11.5. The largest absolute Gasteiger partial charge is 0.417 e. The second-order valence-electron chi connectivity index (χ2n) is 3.87. The smallest absolute Gasteiger partial charge is 0.276 e. The van der Waals surface area contributed by atoms with E-state index in [9.17, 15) is 18.0 Å². The zero-order valence-electron chi connectivity index (χ0n) is 9.95. The van der Waals surface area contributed by atoms with Crippen molar-refractivity contribution in [2.45, 2.75) is 16.0 Å². The monoisotopic (exact) mass is 316 g/mol. The quantitative estimate of drug-likeness (QED) is 0.721. The molecule has 104 valence electrons. The lowest BCUT2D eigenvalue weighted by molar-refractivity contribution is -0.139. The maximum Gasteiger partial charge on any atom is 0.417 e. The van der Waals surface area contributed by atoms with Gasteiger partial charge in [-0.2, -0.15) is 13.2 Å². The lowest BCUT2D eigenvalue weighted by Crippen LogP contribution is -2.06. The van der Waals surface area contributed by atoms with E-state index < -0.39 is 17.0 Å². The summed E-state index contributed by atoms with van der Waals surface area (Å²) in [7, 11) is 0. The fraction of sp³-hybridized carbons (Fsp3) is 0.0714. The summed E-state index contributed by atoms with van der Waals surface area (Å²) in [6, 6.07) is 11.5. The summed E-state index contributed by atoms with van der Waals surface area (Å²) in [6.07, 6.45) is -4.44. The van der Waals surface area contributed by atoms with Crippen LogP contribution in [0.25, 0.3) is 0 Å². The third kappa shape index (κ3) is 3.35. The highest BCUT2D eigenvalue weighted by atomic mass is 35.5. The average molecular weight is 317 g/mol. The van der Waals surface area contributed by atoms with Crippen molar-refractivity contribution in [1.82, 2.24) is 0 Å². The molecular formula is C14H8ClF3OS. The minimum Gasteiger partial charge on any atom is -0.276 e. The van der Waals surface area contributed by atoms with Gasteiger partial charge in [-0.3, -0.25) is 4.79 Å². The van der Waals surface area contributed by atoms with Crippen molar-refractivity contribution >= 4 is 28.6 Å². The minimum atomic E-state index is -4.44. The third-order valence-electron chi connectivity index (χ3n) is 2.51. The van der Waals surface area contributed by atoms with Crippen LogP contribution in [0.4, 0.5) is 13.2 Å². The zero-order chi connectivity index (χ0) is 14.8. The molecule has 2 aromatic carbocycles. The van der Waals surface area contributed by atoms with Crippen LogP contribution in [0.15, 0.2) is 58.3 Å². The Labute approximate surface area is 122 Å². The SMILES string of the molecule is O=C(Cl)c1ccccc1Sc1ccccc1C(F)(F)F. The van der Waals surface area contributed by atoms with Gasteiger partial charge in [-0.15, -0.1) is 0 Å². The number of hydrogen-bond acceptors (Lipinski definition) is 2. The molecule has 0 saturated heterocycles. The molecule has 0 atom stereocenters. The molecule has 0 aliphatic rings. The number of benzene rings is 2. The van der Waals surface area contributed by atoms with E-state index in [1.165, 1.54) is 24.3 Å². The van der Waals surface area contributed by atoms with Crippen molar-refractivity contribution in [2.75, 3.05) is 0 Å². The lowest BCUT2D eigenvalue weighted by atomic mass is 10.2. The fourth-order valence-corrected chi connectivity index (χ4v) is 2.94. The normalized spacial score (nSPS) is 11.4. The first-order valence-electron chi connectivity index (χ1n) is 5.52. The molecule has 0 bridgehead atoms. The van der Waals surface area contributed by atoms with Crippen molar-refractivity contribution in [3.05, 3.63) is 59.7 Å². The highest BCUT2D eigenvalue weighted by Gasteiger charge is 2.33. The van der Waals surface area contributed by atoms with E-state index in [2.05, 4.69) is 0 Å². The van der Waals surface area contributed by atoms with E-state index in [1.807, 2.05) is 0 Å².